The predicted octanol–water partition coefficient (Wildman–Crippen LogP) is 3.98. The monoisotopic (exact) mass is 233 g/mol. The zero-order valence-electron chi connectivity index (χ0n) is 10.8. The minimum atomic E-state index is -2.24. The van der Waals surface area contributed by atoms with Crippen molar-refractivity contribution in [3.05, 3.63) is 0 Å². The summed E-state index contributed by atoms with van der Waals surface area (Å²) < 4.78 is 26.5. The molecule has 1 unspecified atom stereocenters. The van der Waals surface area contributed by atoms with Crippen molar-refractivity contribution in [1.82, 2.24) is 5.32 Å². The molecule has 1 aliphatic rings. The normalized spacial score (nSPS) is 30.4. The van der Waals surface area contributed by atoms with E-state index < -0.39 is 12.0 Å². The second kappa shape index (κ2) is 5.44. The standard InChI is InChI=1S/C13H25F2N/c1-4-10-16-13(11(14)15)7-5-6-12(2,3)8-9-13/h11,16H,4-10H2,1-3H3. The molecule has 1 saturated carbocycles. The fourth-order valence-corrected chi connectivity index (χ4v) is 2.54. The van der Waals surface area contributed by atoms with Gasteiger partial charge in [0, 0.05) is 0 Å². The van der Waals surface area contributed by atoms with Crippen molar-refractivity contribution >= 4 is 0 Å². The Balaban J connectivity index is 2.70. The largest absolute Gasteiger partial charge is 0.306 e. The van der Waals surface area contributed by atoms with Crippen molar-refractivity contribution in [3.8, 4) is 0 Å². The van der Waals surface area contributed by atoms with Gasteiger partial charge in [-0.05, 0) is 44.1 Å². The molecule has 1 N–H and O–H groups in total. The average molecular weight is 233 g/mol. The first-order chi connectivity index (χ1) is 7.42. The molecule has 1 rings (SSSR count). The van der Waals surface area contributed by atoms with Crippen LogP contribution in [0.1, 0.15) is 59.3 Å². The van der Waals surface area contributed by atoms with E-state index in [4.69, 9.17) is 0 Å². The highest BCUT2D eigenvalue weighted by Crippen LogP contribution is 2.40. The van der Waals surface area contributed by atoms with Crippen molar-refractivity contribution in [2.45, 2.75) is 71.3 Å². The van der Waals surface area contributed by atoms with Gasteiger partial charge in [-0.1, -0.05) is 27.2 Å². The molecule has 0 spiro atoms. The van der Waals surface area contributed by atoms with E-state index in [2.05, 4.69) is 19.2 Å². The van der Waals surface area contributed by atoms with E-state index in [0.717, 1.165) is 25.7 Å². The average Bonchev–Trinajstić information content (AvgIpc) is 2.35. The van der Waals surface area contributed by atoms with Crippen LogP contribution in [0.5, 0.6) is 0 Å². The molecular weight excluding hydrogens is 208 g/mol. The van der Waals surface area contributed by atoms with E-state index in [9.17, 15) is 8.78 Å². The van der Waals surface area contributed by atoms with Crippen LogP contribution in [0.15, 0.2) is 0 Å². The maximum Gasteiger partial charge on any atom is 0.256 e. The molecule has 1 aliphatic carbocycles. The van der Waals surface area contributed by atoms with E-state index in [1.165, 1.54) is 0 Å². The maximum atomic E-state index is 13.3. The molecule has 0 radical (unpaired) electrons. The molecule has 0 aromatic carbocycles. The van der Waals surface area contributed by atoms with Gasteiger partial charge >= 0.3 is 0 Å². The van der Waals surface area contributed by atoms with Crippen LogP contribution in [-0.2, 0) is 0 Å². The number of hydrogen-bond acceptors (Lipinski definition) is 1. The van der Waals surface area contributed by atoms with Gasteiger partial charge in [-0.25, -0.2) is 8.78 Å². The Morgan fingerprint density at radius 1 is 1.12 bits per heavy atom. The van der Waals surface area contributed by atoms with Gasteiger partial charge in [-0.3, -0.25) is 0 Å². The lowest BCUT2D eigenvalue weighted by Gasteiger charge is -2.34. The van der Waals surface area contributed by atoms with Crippen molar-refractivity contribution in [2.24, 2.45) is 5.41 Å². The van der Waals surface area contributed by atoms with Gasteiger partial charge in [0.1, 0.15) is 0 Å². The molecule has 0 saturated heterocycles. The highest BCUT2D eigenvalue weighted by molar-refractivity contribution is 4.94. The highest BCUT2D eigenvalue weighted by atomic mass is 19.3. The van der Waals surface area contributed by atoms with Crippen LogP contribution in [-0.4, -0.2) is 18.5 Å². The molecular formula is C13H25F2N. The van der Waals surface area contributed by atoms with E-state index in [1.807, 2.05) is 6.92 Å². The van der Waals surface area contributed by atoms with E-state index in [-0.39, 0.29) is 5.41 Å². The third-order valence-electron chi connectivity index (χ3n) is 3.87. The Labute approximate surface area is 98.0 Å². The van der Waals surface area contributed by atoms with Gasteiger partial charge in [0.15, 0.2) is 0 Å². The molecule has 0 bridgehead atoms. The first-order valence-corrected chi connectivity index (χ1v) is 6.45. The van der Waals surface area contributed by atoms with Crippen LogP contribution in [0.4, 0.5) is 8.78 Å². The minimum absolute atomic E-state index is 0.227. The molecule has 0 heterocycles. The first kappa shape index (κ1) is 13.9. The quantitative estimate of drug-likeness (QED) is 0.724. The third kappa shape index (κ3) is 3.41. The van der Waals surface area contributed by atoms with Crippen molar-refractivity contribution < 1.29 is 8.78 Å². The van der Waals surface area contributed by atoms with Gasteiger partial charge in [0.05, 0.1) is 5.54 Å². The van der Waals surface area contributed by atoms with Gasteiger partial charge in [0.2, 0.25) is 0 Å². The molecule has 16 heavy (non-hydrogen) atoms. The summed E-state index contributed by atoms with van der Waals surface area (Å²) in [5.74, 6) is 0. The van der Waals surface area contributed by atoms with Crippen LogP contribution < -0.4 is 5.32 Å². The molecule has 0 aliphatic heterocycles. The molecule has 1 nitrogen and oxygen atoms in total. The SMILES string of the molecule is CCCNC1(C(F)F)CCCC(C)(C)CC1. The smallest absolute Gasteiger partial charge is 0.256 e. The molecule has 0 aromatic heterocycles. The lowest BCUT2D eigenvalue weighted by atomic mass is 9.83. The van der Waals surface area contributed by atoms with Crippen LogP contribution in [0.25, 0.3) is 0 Å². The summed E-state index contributed by atoms with van der Waals surface area (Å²) in [6.45, 7) is 7.10. The van der Waals surface area contributed by atoms with Crippen molar-refractivity contribution in [3.63, 3.8) is 0 Å². The second-order valence-corrected chi connectivity index (χ2v) is 5.90. The first-order valence-electron chi connectivity index (χ1n) is 6.45. The predicted molar refractivity (Wildman–Crippen MR) is 63.9 cm³/mol. The van der Waals surface area contributed by atoms with Gasteiger partial charge in [-0.15, -0.1) is 0 Å². The molecule has 1 atom stereocenters. The molecule has 0 aromatic rings. The Bertz CT molecular complexity index is 216. The van der Waals surface area contributed by atoms with Gasteiger partial charge in [-0.2, -0.15) is 0 Å². The summed E-state index contributed by atoms with van der Waals surface area (Å²) in [7, 11) is 0. The highest BCUT2D eigenvalue weighted by Gasteiger charge is 2.42. The third-order valence-corrected chi connectivity index (χ3v) is 3.87. The zero-order valence-corrected chi connectivity index (χ0v) is 10.8. The van der Waals surface area contributed by atoms with Crippen LogP contribution in [0.2, 0.25) is 0 Å². The second-order valence-electron chi connectivity index (χ2n) is 5.90. The van der Waals surface area contributed by atoms with E-state index >= 15 is 0 Å². The van der Waals surface area contributed by atoms with E-state index in [1.54, 1.807) is 0 Å². The Morgan fingerprint density at radius 2 is 1.81 bits per heavy atom. The van der Waals surface area contributed by atoms with Crippen molar-refractivity contribution in [1.29, 1.82) is 0 Å². The van der Waals surface area contributed by atoms with Crippen LogP contribution in [0, 0.1) is 5.41 Å². The number of halogens is 2. The summed E-state index contributed by atoms with van der Waals surface area (Å²) in [4.78, 5) is 0. The topological polar surface area (TPSA) is 12.0 Å². The minimum Gasteiger partial charge on any atom is -0.306 e. The summed E-state index contributed by atoms with van der Waals surface area (Å²) in [6, 6.07) is 0. The van der Waals surface area contributed by atoms with E-state index in [0.29, 0.717) is 19.4 Å². The van der Waals surface area contributed by atoms with Crippen molar-refractivity contribution in [2.75, 3.05) is 6.54 Å². The zero-order chi connectivity index (χ0) is 12.2. The number of hydrogen-bond donors (Lipinski definition) is 1. The Morgan fingerprint density at radius 3 is 2.38 bits per heavy atom. The summed E-state index contributed by atoms with van der Waals surface area (Å²) >= 11 is 0. The lowest BCUT2D eigenvalue weighted by molar-refractivity contribution is 0.0185. The summed E-state index contributed by atoms with van der Waals surface area (Å²) in [6.07, 6.45) is 2.77. The number of alkyl halides is 2. The van der Waals surface area contributed by atoms with Crippen LogP contribution in [0.3, 0.4) is 0 Å². The van der Waals surface area contributed by atoms with Gasteiger partial charge in [0.25, 0.3) is 6.43 Å². The fraction of sp³-hybridized carbons (Fsp3) is 1.00. The molecule has 0 amide bonds. The lowest BCUT2D eigenvalue weighted by Crippen LogP contribution is -2.51. The van der Waals surface area contributed by atoms with Crippen LogP contribution >= 0.6 is 0 Å². The Kier molecular flexibility index (Phi) is 4.72. The maximum absolute atomic E-state index is 13.3. The molecule has 96 valence electrons. The molecule has 1 fully saturated rings. The van der Waals surface area contributed by atoms with Gasteiger partial charge < -0.3 is 5.32 Å². The summed E-state index contributed by atoms with van der Waals surface area (Å²) in [5, 5.41) is 3.11. The molecule has 3 heteroatoms. The fourth-order valence-electron chi connectivity index (χ4n) is 2.54. The number of rotatable bonds is 4. The Hall–Kier alpha value is -0.180. The number of nitrogens with one attached hydrogen (secondary N) is 1. The summed E-state index contributed by atoms with van der Waals surface area (Å²) in [5.41, 5.74) is -0.686.